The van der Waals surface area contributed by atoms with Crippen molar-refractivity contribution in [3.05, 3.63) is 47.0 Å². The lowest BCUT2D eigenvalue weighted by Gasteiger charge is -2.18. The number of hydrogen-bond acceptors (Lipinski definition) is 3. The summed E-state index contributed by atoms with van der Waals surface area (Å²) < 4.78 is 1.90. The molecule has 2 heterocycles. The lowest BCUT2D eigenvalue weighted by molar-refractivity contribution is 0.604. The Bertz CT molecular complexity index is 496. The highest BCUT2D eigenvalue weighted by Crippen LogP contribution is 2.21. The van der Waals surface area contributed by atoms with Crippen molar-refractivity contribution in [3.8, 4) is 0 Å². The van der Waals surface area contributed by atoms with Crippen LogP contribution in [0.5, 0.6) is 0 Å². The lowest BCUT2D eigenvalue weighted by atomic mass is 10.0. The Labute approximate surface area is 102 Å². The molecule has 2 aromatic rings. The van der Waals surface area contributed by atoms with Crippen LogP contribution in [0, 0.1) is 13.8 Å². The first-order valence-electron chi connectivity index (χ1n) is 5.72. The number of nitrogens with one attached hydrogen (secondary N) is 1. The van der Waals surface area contributed by atoms with E-state index in [2.05, 4.69) is 27.5 Å². The van der Waals surface area contributed by atoms with Crippen molar-refractivity contribution in [1.29, 1.82) is 0 Å². The summed E-state index contributed by atoms with van der Waals surface area (Å²) in [6.45, 7) is 4.04. The number of rotatable bonds is 3. The molecule has 0 aliphatic rings. The van der Waals surface area contributed by atoms with Gasteiger partial charge in [0.25, 0.3) is 0 Å². The van der Waals surface area contributed by atoms with Crippen molar-refractivity contribution in [2.24, 2.45) is 7.05 Å². The highest BCUT2D eigenvalue weighted by Gasteiger charge is 2.15. The van der Waals surface area contributed by atoms with Crippen LogP contribution in [0.15, 0.2) is 24.4 Å². The second-order valence-electron chi connectivity index (χ2n) is 4.28. The summed E-state index contributed by atoms with van der Waals surface area (Å²) in [6.07, 6.45) is 1.82. The predicted molar refractivity (Wildman–Crippen MR) is 67.8 cm³/mol. The number of hydrogen-bond donors (Lipinski definition) is 1. The van der Waals surface area contributed by atoms with E-state index in [0.29, 0.717) is 0 Å². The molecule has 1 unspecified atom stereocenters. The van der Waals surface area contributed by atoms with Crippen LogP contribution in [-0.2, 0) is 7.05 Å². The Kier molecular flexibility index (Phi) is 3.24. The highest BCUT2D eigenvalue weighted by molar-refractivity contribution is 5.30. The fourth-order valence-electron chi connectivity index (χ4n) is 2.19. The van der Waals surface area contributed by atoms with Gasteiger partial charge >= 0.3 is 0 Å². The third kappa shape index (κ3) is 2.36. The zero-order valence-electron chi connectivity index (χ0n) is 10.7. The van der Waals surface area contributed by atoms with Crippen LogP contribution in [0.25, 0.3) is 0 Å². The minimum Gasteiger partial charge on any atom is -0.308 e. The molecule has 90 valence electrons. The predicted octanol–water partition coefficient (Wildman–Crippen LogP) is 1.74. The van der Waals surface area contributed by atoms with E-state index in [0.717, 1.165) is 17.1 Å². The molecule has 0 saturated carbocycles. The Morgan fingerprint density at radius 2 is 1.88 bits per heavy atom. The standard InChI is InChI=1S/C13H18N4/c1-9-7-11(8-10(2)16-9)13(14-3)12-5-6-15-17(12)4/h5-8,13-14H,1-4H3. The molecule has 2 aromatic heterocycles. The SMILES string of the molecule is CNC(c1cc(C)nc(C)c1)c1ccnn1C. The fraction of sp³-hybridized carbons (Fsp3) is 0.385. The third-order valence-corrected chi connectivity index (χ3v) is 2.88. The number of aryl methyl sites for hydroxylation is 3. The van der Waals surface area contributed by atoms with Crippen LogP contribution in [0.1, 0.15) is 28.7 Å². The molecule has 0 aliphatic carbocycles. The van der Waals surface area contributed by atoms with Gasteiger partial charge in [0.05, 0.1) is 11.7 Å². The average molecular weight is 230 g/mol. The summed E-state index contributed by atoms with van der Waals surface area (Å²) >= 11 is 0. The summed E-state index contributed by atoms with van der Waals surface area (Å²) in [5.41, 5.74) is 4.46. The Morgan fingerprint density at radius 3 is 2.35 bits per heavy atom. The minimum absolute atomic E-state index is 0.155. The molecule has 1 N–H and O–H groups in total. The molecule has 0 fully saturated rings. The molecular weight excluding hydrogens is 212 g/mol. The van der Waals surface area contributed by atoms with Gasteiger partial charge in [0.2, 0.25) is 0 Å². The lowest BCUT2D eigenvalue weighted by Crippen LogP contribution is -2.21. The highest BCUT2D eigenvalue weighted by atomic mass is 15.3. The molecule has 0 aromatic carbocycles. The van der Waals surface area contributed by atoms with E-state index in [9.17, 15) is 0 Å². The van der Waals surface area contributed by atoms with Crippen molar-refractivity contribution < 1.29 is 0 Å². The van der Waals surface area contributed by atoms with Gasteiger partial charge in [0.15, 0.2) is 0 Å². The number of aromatic nitrogens is 3. The van der Waals surface area contributed by atoms with Crippen LogP contribution in [0.2, 0.25) is 0 Å². The topological polar surface area (TPSA) is 42.7 Å². The Hall–Kier alpha value is -1.68. The van der Waals surface area contributed by atoms with Crippen LogP contribution in [0.3, 0.4) is 0 Å². The molecule has 4 nitrogen and oxygen atoms in total. The summed E-state index contributed by atoms with van der Waals surface area (Å²) in [6, 6.07) is 6.41. The molecule has 0 amide bonds. The van der Waals surface area contributed by atoms with E-state index in [-0.39, 0.29) is 6.04 Å². The van der Waals surface area contributed by atoms with Crippen LogP contribution < -0.4 is 5.32 Å². The van der Waals surface area contributed by atoms with Gasteiger partial charge in [-0.25, -0.2) is 0 Å². The molecule has 0 aliphatic heterocycles. The fourth-order valence-corrected chi connectivity index (χ4v) is 2.19. The van der Waals surface area contributed by atoms with Gasteiger partial charge < -0.3 is 5.32 Å². The summed E-state index contributed by atoms with van der Waals surface area (Å²) in [5, 5.41) is 7.54. The van der Waals surface area contributed by atoms with Gasteiger partial charge in [0, 0.05) is 24.6 Å². The zero-order chi connectivity index (χ0) is 12.4. The van der Waals surface area contributed by atoms with E-state index in [1.165, 1.54) is 5.56 Å². The first-order chi connectivity index (χ1) is 8.11. The van der Waals surface area contributed by atoms with E-state index in [1.807, 2.05) is 44.9 Å². The first kappa shape index (κ1) is 11.8. The average Bonchev–Trinajstić information content (AvgIpc) is 2.65. The normalized spacial score (nSPS) is 12.7. The molecular formula is C13H18N4. The summed E-state index contributed by atoms with van der Waals surface area (Å²) in [5.74, 6) is 0. The van der Waals surface area contributed by atoms with Gasteiger partial charge in [0.1, 0.15) is 0 Å². The Morgan fingerprint density at radius 1 is 1.24 bits per heavy atom. The van der Waals surface area contributed by atoms with Crippen LogP contribution in [-0.4, -0.2) is 21.8 Å². The maximum absolute atomic E-state index is 4.40. The van der Waals surface area contributed by atoms with Gasteiger partial charge in [-0.05, 0) is 44.7 Å². The molecule has 17 heavy (non-hydrogen) atoms. The maximum Gasteiger partial charge on any atom is 0.0747 e. The molecule has 1 atom stereocenters. The zero-order valence-corrected chi connectivity index (χ0v) is 10.7. The second-order valence-corrected chi connectivity index (χ2v) is 4.28. The molecule has 0 radical (unpaired) electrons. The molecule has 0 bridgehead atoms. The molecule has 0 spiro atoms. The van der Waals surface area contributed by atoms with E-state index >= 15 is 0 Å². The molecule has 4 heteroatoms. The van der Waals surface area contributed by atoms with Crippen LogP contribution >= 0.6 is 0 Å². The second kappa shape index (κ2) is 4.67. The monoisotopic (exact) mass is 230 g/mol. The summed E-state index contributed by atoms with van der Waals surface area (Å²) in [4.78, 5) is 4.40. The van der Waals surface area contributed by atoms with Gasteiger partial charge in [-0.2, -0.15) is 5.10 Å². The van der Waals surface area contributed by atoms with Crippen LogP contribution in [0.4, 0.5) is 0 Å². The van der Waals surface area contributed by atoms with E-state index in [4.69, 9.17) is 0 Å². The third-order valence-electron chi connectivity index (χ3n) is 2.88. The van der Waals surface area contributed by atoms with E-state index in [1.54, 1.807) is 0 Å². The van der Waals surface area contributed by atoms with Crippen molar-refractivity contribution in [3.63, 3.8) is 0 Å². The van der Waals surface area contributed by atoms with Crippen molar-refractivity contribution in [1.82, 2.24) is 20.1 Å². The Balaban J connectivity index is 2.45. The quantitative estimate of drug-likeness (QED) is 0.873. The van der Waals surface area contributed by atoms with E-state index < -0.39 is 0 Å². The minimum atomic E-state index is 0.155. The first-order valence-corrected chi connectivity index (χ1v) is 5.72. The number of pyridine rings is 1. The molecule has 2 rings (SSSR count). The van der Waals surface area contributed by atoms with Gasteiger partial charge in [-0.15, -0.1) is 0 Å². The summed E-state index contributed by atoms with van der Waals surface area (Å²) in [7, 11) is 3.92. The van der Waals surface area contributed by atoms with Crippen molar-refractivity contribution in [2.75, 3.05) is 7.05 Å². The van der Waals surface area contributed by atoms with Crippen molar-refractivity contribution in [2.45, 2.75) is 19.9 Å². The smallest absolute Gasteiger partial charge is 0.0747 e. The maximum atomic E-state index is 4.40. The van der Waals surface area contributed by atoms with Gasteiger partial charge in [-0.1, -0.05) is 0 Å². The van der Waals surface area contributed by atoms with Gasteiger partial charge in [-0.3, -0.25) is 9.67 Å². The molecule has 0 saturated heterocycles. The largest absolute Gasteiger partial charge is 0.308 e. The van der Waals surface area contributed by atoms with Crippen molar-refractivity contribution >= 4 is 0 Å². The number of nitrogens with zero attached hydrogens (tertiary/aromatic N) is 3.